The molecule has 29 heavy (non-hydrogen) atoms. The second-order valence-corrected chi connectivity index (χ2v) is 6.63. The molecule has 0 fully saturated rings. The fraction of sp³-hybridized carbons (Fsp3) is 0.211. The van der Waals surface area contributed by atoms with Crippen molar-refractivity contribution in [1.82, 2.24) is 14.8 Å². The number of carbonyl (C=O) groups excluding carboxylic acids is 1. The Balaban J connectivity index is 1.81. The van der Waals surface area contributed by atoms with Crippen LogP contribution in [0.4, 0.5) is 18.9 Å². The molecule has 0 aliphatic rings. The Hall–Kier alpha value is -3.07. The maximum atomic E-state index is 12.6. The molecule has 10 heteroatoms. The van der Waals surface area contributed by atoms with Crippen molar-refractivity contribution in [3.05, 3.63) is 64.6 Å². The Bertz CT molecular complexity index is 1050. The number of aryl methyl sites for hydroxylation is 2. The fourth-order valence-electron chi connectivity index (χ4n) is 2.59. The molecule has 0 unspecified atom stereocenters. The summed E-state index contributed by atoms with van der Waals surface area (Å²) in [7, 11) is 0. The van der Waals surface area contributed by atoms with E-state index in [0.29, 0.717) is 5.82 Å². The molecule has 0 saturated heterocycles. The number of amides is 1. The molecule has 1 aromatic carbocycles. The zero-order valence-electron chi connectivity index (χ0n) is 15.4. The first-order valence-electron chi connectivity index (χ1n) is 8.43. The molecule has 1 N–H and O–H groups in total. The lowest BCUT2D eigenvalue weighted by Gasteiger charge is -2.12. The van der Waals surface area contributed by atoms with Gasteiger partial charge in [-0.2, -0.15) is 18.3 Å². The van der Waals surface area contributed by atoms with Gasteiger partial charge in [0.05, 0.1) is 10.7 Å². The number of carbonyl (C=O) groups is 1. The largest absolute Gasteiger partial charge is 0.484 e. The van der Waals surface area contributed by atoms with E-state index in [4.69, 9.17) is 11.6 Å². The van der Waals surface area contributed by atoms with Gasteiger partial charge in [-0.05, 0) is 44.2 Å². The van der Waals surface area contributed by atoms with Gasteiger partial charge in [0.15, 0.2) is 12.4 Å². The van der Waals surface area contributed by atoms with E-state index in [1.165, 1.54) is 30.3 Å². The van der Waals surface area contributed by atoms with Crippen molar-refractivity contribution in [3.63, 3.8) is 0 Å². The summed E-state index contributed by atoms with van der Waals surface area (Å²) >= 11 is 6.12. The summed E-state index contributed by atoms with van der Waals surface area (Å²) in [4.78, 5) is 16.9. The fourth-order valence-corrected chi connectivity index (χ4v) is 2.78. The standard InChI is InChI=1S/C19H16ClF3N4O2/c1-11-8-12(2)27(26-11)16-7-6-15(20)17(25-16)18(28)24-13-4-3-5-14(9-13)29-10-19(21,22)23/h3-9H,10H2,1-2H3,(H,24,28). The molecule has 3 aromatic rings. The molecule has 1 amide bonds. The van der Waals surface area contributed by atoms with Gasteiger partial charge in [0, 0.05) is 17.4 Å². The van der Waals surface area contributed by atoms with E-state index in [9.17, 15) is 18.0 Å². The minimum absolute atomic E-state index is 0.0319. The Morgan fingerprint density at radius 2 is 1.97 bits per heavy atom. The molecular formula is C19H16ClF3N4O2. The maximum Gasteiger partial charge on any atom is 0.422 e. The van der Waals surface area contributed by atoms with Crippen LogP contribution in [0.25, 0.3) is 5.82 Å². The highest BCUT2D eigenvalue weighted by atomic mass is 35.5. The number of alkyl halides is 3. The zero-order chi connectivity index (χ0) is 21.2. The molecule has 0 aliphatic carbocycles. The normalized spacial score (nSPS) is 11.4. The number of nitrogens with one attached hydrogen (secondary N) is 1. The summed E-state index contributed by atoms with van der Waals surface area (Å²) in [6.45, 7) is 2.26. The number of benzene rings is 1. The molecule has 0 aliphatic heterocycles. The minimum atomic E-state index is -4.46. The summed E-state index contributed by atoms with van der Waals surface area (Å²) in [5.41, 5.74) is 1.82. The van der Waals surface area contributed by atoms with E-state index in [1.54, 1.807) is 10.7 Å². The molecule has 2 aromatic heterocycles. The van der Waals surface area contributed by atoms with Crippen LogP contribution in [-0.2, 0) is 0 Å². The van der Waals surface area contributed by atoms with Crippen LogP contribution in [0.2, 0.25) is 5.02 Å². The van der Waals surface area contributed by atoms with Gasteiger partial charge in [0.2, 0.25) is 0 Å². The topological polar surface area (TPSA) is 69.0 Å². The van der Waals surface area contributed by atoms with Crippen molar-refractivity contribution in [1.29, 1.82) is 0 Å². The average Bonchev–Trinajstić information content (AvgIpc) is 2.98. The number of ether oxygens (including phenoxy) is 1. The molecule has 2 heterocycles. The monoisotopic (exact) mass is 424 g/mol. The van der Waals surface area contributed by atoms with E-state index in [2.05, 4.69) is 20.1 Å². The minimum Gasteiger partial charge on any atom is -0.484 e. The Labute approximate surface area is 169 Å². The predicted molar refractivity (Wildman–Crippen MR) is 102 cm³/mol. The molecular weight excluding hydrogens is 409 g/mol. The van der Waals surface area contributed by atoms with Gasteiger partial charge in [-0.25, -0.2) is 9.67 Å². The van der Waals surface area contributed by atoms with E-state index < -0.39 is 18.7 Å². The number of halogens is 4. The quantitative estimate of drug-likeness (QED) is 0.642. The van der Waals surface area contributed by atoms with Crippen LogP contribution >= 0.6 is 11.6 Å². The van der Waals surface area contributed by atoms with Gasteiger partial charge in [0.25, 0.3) is 5.91 Å². The molecule has 0 spiro atoms. The Kier molecular flexibility index (Phi) is 5.78. The van der Waals surface area contributed by atoms with Crippen molar-refractivity contribution < 1.29 is 22.7 Å². The van der Waals surface area contributed by atoms with Gasteiger partial charge in [-0.1, -0.05) is 17.7 Å². The lowest BCUT2D eigenvalue weighted by molar-refractivity contribution is -0.153. The van der Waals surface area contributed by atoms with Crippen LogP contribution in [-0.4, -0.2) is 33.5 Å². The number of rotatable bonds is 5. The van der Waals surface area contributed by atoms with Crippen molar-refractivity contribution in [2.75, 3.05) is 11.9 Å². The Morgan fingerprint density at radius 3 is 2.62 bits per heavy atom. The first-order valence-corrected chi connectivity index (χ1v) is 8.81. The molecule has 0 atom stereocenters. The van der Waals surface area contributed by atoms with Crippen molar-refractivity contribution in [3.8, 4) is 11.6 Å². The van der Waals surface area contributed by atoms with Crippen LogP contribution < -0.4 is 10.1 Å². The zero-order valence-corrected chi connectivity index (χ0v) is 16.2. The first-order chi connectivity index (χ1) is 13.6. The number of anilines is 1. The second-order valence-electron chi connectivity index (χ2n) is 6.22. The van der Waals surface area contributed by atoms with Gasteiger partial charge in [-0.3, -0.25) is 4.79 Å². The summed E-state index contributed by atoms with van der Waals surface area (Å²) in [5, 5.41) is 7.00. The summed E-state index contributed by atoms with van der Waals surface area (Å²) < 4.78 is 43.2. The number of pyridine rings is 1. The Morgan fingerprint density at radius 1 is 1.21 bits per heavy atom. The third kappa shape index (κ3) is 5.26. The lowest BCUT2D eigenvalue weighted by atomic mass is 10.2. The molecule has 152 valence electrons. The van der Waals surface area contributed by atoms with Crippen LogP contribution in [0, 0.1) is 13.8 Å². The third-order valence-electron chi connectivity index (χ3n) is 3.77. The van der Waals surface area contributed by atoms with Gasteiger partial charge < -0.3 is 10.1 Å². The highest BCUT2D eigenvalue weighted by molar-refractivity contribution is 6.34. The summed E-state index contributed by atoms with van der Waals surface area (Å²) in [6, 6.07) is 10.6. The molecule has 6 nitrogen and oxygen atoms in total. The van der Waals surface area contributed by atoms with Crippen LogP contribution in [0.1, 0.15) is 21.9 Å². The number of hydrogen-bond donors (Lipinski definition) is 1. The highest BCUT2D eigenvalue weighted by Gasteiger charge is 2.28. The van der Waals surface area contributed by atoms with E-state index in [0.717, 1.165) is 11.4 Å². The third-order valence-corrected chi connectivity index (χ3v) is 4.07. The van der Waals surface area contributed by atoms with Gasteiger partial charge >= 0.3 is 6.18 Å². The smallest absolute Gasteiger partial charge is 0.422 e. The van der Waals surface area contributed by atoms with Crippen LogP contribution in [0.15, 0.2) is 42.5 Å². The van der Waals surface area contributed by atoms with Crippen LogP contribution in [0.5, 0.6) is 5.75 Å². The van der Waals surface area contributed by atoms with Gasteiger partial charge in [0.1, 0.15) is 11.4 Å². The van der Waals surface area contributed by atoms with E-state index in [1.807, 2.05) is 19.9 Å². The predicted octanol–water partition coefficient (Wildman–Crippen LogP) is 4.73. The number of nitrogens with zero attached hydrogens (tertiary/aromatic N) is 3. The summed E-state index contributed by atoms with van der Waals surface area (Å²) in [5.74, 6) is -0.241. The summed E-state index contributed by atoms with van der Waals surface area (Å²) in [6.07, 6.45) is -4.46. The molecule has 3 rings (SSSR count). The van der Waals surface area contributed by atoms with Crippen molar-refractivity contribution in [2.24, 2.45) is 0 Å². The lowest BCUT2D eigenvalue weighted by Crippen LogP contribution is -2.19. The van der Waals surface area contributed by atoms with E-state index in [-0.39, 0.29) is 22.2 Å². The molecule has 0 bridgehead atoms. The number of hydrogen-bond acceptors (Lipinski definition) is 4. The van der Waals surface area contributed by atoms with Crippen molar-refractivity contribution >= 4 is 23.2 Å². The first kappa shape index (κ1) is 20.7. The van der Waals surface area contributed by atoms with Crippen LogP contribution in [0.3, 0.4) is 0 Å². The average molecular weight is 425 g/mol. The molecule has 0 radical (unpaired) electrons. The number of aromatic nitrogens is 3. The second kappa shape index (κ2) is 8.12. The molecule has 0 saturated carbocycles. The maximum absolute atomic E-state index is 12.6. The highest BCUT2D eigenvalue weighted by Crippen LogP contribution is 2.23. The van der Waals surface area contributed by atoms with Crippen molar-refractivity contribution in [2.45, 2.75) is 20.0 Å². The van der Waals surface area contributed by atoms with Gasteiger partial charge in [-0.15, -0.1) is 0 Å². The van der Waals surface area contributed by atoms with E-state index >= 15 is 0 Å². The SMILES string of the molecule is Cc1cc(C)n(-c2ccc(Cl)c(C(=O)Nc3cccc(OCC(F)(F)F)c3)n2)n1.